The maximum Gasteiger partial charge on any atom is 0.313 e. The van der Waals surface area contributed by atoms with Gasteiger partial charge < -0.3 is 20.9 Å². The number of amides is 2. The fourth-order valence-corrected chi connectivity index (χ4v) is 4.39. The molecule has 1 fully saturated rings. The highest BCUT2D eigenvalue weighted by atomic mass is 19.3. The first-order valence-electron chi connectivity index (χ1n) is 12.0. The third-order valence-electron chi connectivity index (χ3n) is 6.48. The Balaban J connectivity index is 1.82. The van der Waals surface area contributed by atoms with Crippen LogP contribution in [-0.4, -0.2) is 53.8 Å². The van der Waals surface area contributed by atoms with Crippen LogP contribution in [0.3, 0.4) is 0 Å². The number of likely N-dealkylation sites (tertiary alicyclic amines) is 1. The Morgan fingerprint density at radius 1 is 1.26 bits per heavy atom. The van der Waals surface area contributed by atoms with Crippen molar-refractivity contribution in [1.29, 1.82) is 0 Å². The molecule has 7 nitrogen and oxygen atoms in total. The lowest BCUT2D eigenvalue weighted by atomic mass is 9.88. The number of aromatic nitrogens is 1. The summed E-state index contributed by atoms with van der Waals surface area (Å²) in [5, 5.41) is 2.62. The molecule has 0 spiro atoms. The first-order chi connectivity index (χ1) is 16.5. The summed E-state index contributed by atoms with van der Waals surface area (Å²) in [6, 6.07) is 7.49. The zero-order valence-corrected chi connectivity index (χ0v) is 20.9. The summed E-state index contributed by atoms with van der Waals surface area (Å²) in [5.74, 6) is -3.90. The molecule has 3 N–H and O–H groups in total. The molecule has 2 heterocycles. The number of anilines is 2. The van der Waals surface area contributed by atoms with E-state index < -0.39 is 23.8 Å². The first-order valence-corrected chi connectivity index (χ1v) is 12.0. The molecule has 3 rings (SSSR count). The molecule has 0 bridgehead atoms. The Morgan fingerprint density at radius 2 is 2.00 bits per heavy atom. The van der Waals surface area contributed by atoms with Crippen molar-refractivity contribution in [1.82, 2.24) is 14.8 Å². The van der Waals surface area contributed by atoms with Crippen molar-refractivity contribution in [2.45, 2.75) is 51.5 Å². The van der Waals surface area contributed by atoms with Crippen molar-refractivity contribution in [2.75, 3.05) is 38.2 Å². The summed E-state index contributed by atoms with van der Waals surface area (Å²) in [6.07, 6.45) is 3.17. The Kier molecular flexibility index (Phi) is 8.43. The third kappa shape index (κ3) is 6.54. The topological polar surface area (TPSA) is 91.6 Å². The number of piperidine rings is 1. The molecule has 0 unspecified atom stereocenters. The van der Waals surface area contributed by atoms with Gasteiger partial charge in [0.2, 0.25) is 0 Å². The molecule has 1 aromatic heterocycles. The van der Waals surface area contributed by atoms with Crippen molar-refractivity contribution in [2.24, 2.45) is 5.92 Å². The molecule has 9 heteroatoms. The largest absolute Gasteiger partial charge is 0.383 e. The van der Waals surface area contributed by atoms with Crippen LogP contribution in [0.5, 0.6) is 0 Å². The van der Waals surface area contributed by atoms with Crippen LogP contribution in [0.4, 0.5) is 20.3 Å². The second-order valence-electron chi connectivity index (χ2n) is 9.62. The fourth-order valence-electron chi connectivity index (χ4n) is 4.39. The summed E-state index contributed by atoms with van der Waals surface area (Å²) in [5.41, 5.74) is 7.52. The molecule has 0 saturated carbocycles. The van der Waals surface area contributed by atoms with Gasteiger partial charge in [-0.1, -0.05) is 32.0 Å². The number of carbonyl (C=O) groups is 2. The van der Waals surface area contributed by atoms with Gasteiger partial charge in [-0.05, 0) is 62.5 Å². The van der Waals surface area contributed by atoms with E-state index in [0.717, 1.165) is 12.0 Å². The zero-order valence-electron chi connectivity index (χ0n) is 20.9. The van der Waals surface area contributed by atoms with Crippen molar-refractivity contribution in [3.63, 3.8) is 0 Å². The number of alkyl halides is 2. The highest BCUT2D eigenvalue weighted by Crippen LogP contribution is 2.37. The predicted octanol–water partition coefficient (Wildman–Crippen LogP) is 4.21. The Hall–Kier alpha value is -3.07. The number of rotatable bonds is 7. The van der Waals surface area contributed by atoms with E-state index in [2.05, 4.69) is 10.3 Å². The monoisotopic (exact) mass is 487 g/mol. The third-order valence-corrected chi connectivity index (χ3v) is 6.48. The van der Waals surface area contributed by atoms with Gasteiger partial charge in [-0.2, -0.15) is 0 Å². The number of nitrogens with two attached hydrogens (primary N) is 1. The maximum atomic E-state index is 14.9. The maximum absolute atomic E-state index is 14.9. The highest BCUT2D eigenvalue weighted by molar-refractivity contribution is 6.39. The Morgan fingerprint density at radius 3 is 2.69 bits per heavy atom. The van der Waals surface area contributed by atoms with Gasteiger partial charge in [-0.25, -0.2) is 13.8 Å². The minimum Gasteiger partial charge on any atom is -0.383 e. The summed E-state index contributed by atoms with van der Waals surface area (Å²) in [4.78, 5) is 33.4. The summed E-state index contributed by atoms with van der Waals surface area (Å²) < 4.78 is 29.7. The normalized spacial score (nSPS) is 18.5. The molecule has 0 radical (unpaired) electrons. The fraction of sp³-hybridized carbons (Fsp3) is 0.500. The number of halogens is 2. The van der Waals surface area contributed by atoms with Crippen LogP contribution in [0.2, 0.25) is 0 Å². The molecule has 0 aliphatic carbocycles. The van der Waals surface area contributed by atoms with Gasteiger partial charge in [0.25, 0.3) is 5.92 Å². The number of nitrogens with zero attached hydrogens (tertiary/aromatic N) is 3. The van der Waals surface area contributed by atoms with E-state index in [0.29, 0.717) is 36.5 Å². The van der Waals surface area contributed by atoms with Crippen molar-refractivity contribution in [3.8, 4) is 0 Å². The second-order valence-corrected chi connectivity index (χ2v) is 9.62. The van der Waals surface area contributed by atoms with E-state index in [4.69, 9.17) is 5.73 Å². The molecule has 1 aliphatic rings. The summed E-state index contributed by atoms with van der Waals surface area (Å²) in [6.45, 7) is 4.56. The minimum atomic E-state index is -2.99. The van der Waals surface area contributed by atoms with Crippen LogP contribution >= 0.6 is 0 Å². The number of nitrogens with one attached hydrogen (secondary N) is 1. The van der Waals surface area contributed by atoms with Gasteiger partial charge >= 0.3 is 11.8 Å². The van der Waals surface area contributed by atoms with Crippen LogP contribution in [0.25, 0.3) is 0 Å². The van der Waals surface area contributed by atoms with Gasteiger partial charge in [0, 0.05) is 25.1 Å². The first kappa shape index (κ1) is 26.5. The van der Waals surface area contributed by atoms with Crippen LogP contribution in [0.15, 0.2) is 36.5 Å². The predicted molar refractivity (Wildman–Crippen MR) is 133 cm³/mol. The van der Waals surface area contributed by atoms with Crippen molar-refractivity contribution in [3.05, 3.63) is 53.2 Å². The molecule has 2 atom stereocenters. The SMILES string of the molecule is CCc1cc(NC(=O)C(=O)N2C[C@@H](C)CC[C@@H]2c2cccc(C(F)(F)CCN(C)C)c2)cnc1N. The number of hydrogen-bond donors (Lipinski definition) is 2. The quantitative estimate of drug-likeness (QED) is 0.571. The van der Waals surface area contributed by atoms with Gasteiger partial charge in [0.1, 0.15) is 5.82 Å². The molecule has 35 heavy (non-hydrogen) atoms. The lowest BCUT2D eigenvalue weighted by Gasteiger charge is -2.38. The zero-order chi connectivity index (χ0) is 25.8. The number of aryl methyl sites for hydroxylation is 1. The van der Waals surface area contributed by atoms with Gasteiger partial charge in [-0.15, -0.1) is 0 Å². The number of pyridine rings is 1. The van der Waals surface area contributed by atoms with Crippen LogP contribution in [0.1, 0.15) is 55.8 Å². The second kappa shape index (κ2) is 11.1. The molecule has 2 aromatic rings. The van der Waals surface area contributed by atoms with E-state index in [1.165, 1.54) is 23.2 Å². The highest BCUT2D eigenvalue weighted by Gasteiger charge is 2.36. The molecule has 2 amide bonds. The van der Waals surface area contributed by atoms with E-state index in [1.807, 2.05) is 13.8 Å². The molecular formula is C26H35F2N5O2. The molecule has 190 valence electrons. The van der Waals surface area contributed by atoms with Crippen LogP contribution < -0.4 is 11.1 Å². The van der Waals surface area contributed by atoms with E-state index in [-0.39, 0.29) is 24.4 Å². The number of nitrogen functional groups attached to an aromatic ring is 1. The standard InChI is InChI=1S/C26H35F2N5O2/c1-5-18-14-21(15-30-23(18)29)31-24(34)25(35)33-16-17(2)9-10-22(33)19-7-6-8-20(13-19)26(27,28)11-12-32(3)4/h6-8,13-15,17,22H,5,9-12,16H2,1-4H3,(H2,29,30)(H,31,34)/t17-,22+/m0/s1. The average Bonchev–Trinajstić information content (AvgIpc) is 2.83. The summed E-state index contributed by atoms with van der Waals surface area (Å²) >= 11 is 0. The van der Waals surface area contributed by atoms with Crippen LogP contribution in [0, 0.1) is 5.92 Å². The number of hydrogen-bond acceptors (Lipinski definition) is 5. The van der Waals surface area contributed by atoms with Crippen molar-refractivity contribution < 1.29 is 18.4 Å². The lowest BCUT2D eigenvalue weighted by molar-refractivity contribution is -0.146. The minimum absolute atomic E-state index is 0.0765. The summed E-state index contributed by atoms with van der Waals surface area (Å²) in [7, 11) is 3.52. The molecule has 1 saturated heterocycles. The van der Waals surface area contributed by atoms with E-state index >= 15 is 0 Å². The smallest absolute Gasteiger partial charge is 0.313 e. The van der Waals surface area contributed by atoms with E-state index in [9.17, 15) is 18.4 Å². The van der Waals surface area contributed by atoms with Gasteiger partial charge in [0.15, 0.2) is 0 Å². The van der Waals surface area contributed by atoms with Crippen LogP contribution in [-0.2, 0) is 21.9 Å². The Bertz CT molecular complexity index is 1060. The molecule has 1 aliphatic heterocycles. The Labute approximate surface area is 205 Å². The molecular weight excluding hydrogens is 452 g/mol. The number of benzene rings is 1. The lowest BCUT2D eigenvalue weighted by Crippen LogP contribution is -2.46. The average molecular weight is 488 g/mol. The van der Waals surface area contributed by atoms with Gasteiger partial charge in [-0.3, -0.25) is 9.59 Å². The number of carbonyl (C=O) groups excluding carboxylic acids is 2. The van der Waals surface area contributed by atoms with E-state index in [1.54, 1.807) is 37.2 Å². The van der Waals surface area contributed by atoms with Gasteiger partial charge in [0.05, 0.1) is 17.9 Å². The van der Waals surface area contributed by atoms with Crippen molar-refractivity contribution >= 4 is 23.3 Å². The molecule has 1 aromatic carbocycles.